The van der Waals surface area contributed by atoms with Crippen LogP contribution in [0.3, 0.4) is 0 Å². The largest absolute Gasteiger partial charge is 0.461 e. The molecule has 3 aromatic rings. The van der Waals surface area contributed by atoms with E-state index < -0.39 is 0 Å². The maximum absolute atomic E-state index is 11.9. The van der Waals surface area contributed by atoms with Gasteiger partial charge in [-0.25, -0.2) is 4.98 Å². The van der Waals surface area contributed by atoms with Gasteiger partial charge in [-0.1, -0.05) is 60.1 Å². The first-order valence-electron chi connectivity index (χ1n) is 7.45. The second-order valence-electron chi connectivity index (χ2n) is 5.30. The van der Waals surface area contributed by atoms with Crippen molar-refractivity contribution in [2.24, 2.45) is 0 Å². The number of halogens is 1. The summed E-state index contributed by atoms with van der Waals surface area (Å²) in [6.07, 6.45) is 2.61. The van der Waals surface area contributed by atoms with Crippen LogP contribution in [-0.2, 0) is 22.6 Å². The van der Waals surface area contributed by atoms with Crippen LogP contribution in [0.2, 0.25) is 5.15 Å². The predicted octanol–water partition coefficient (Wildman–Crippen LogP) is 4.56. The van der Waals surface area contributed by atoms with E-state index in [1.54, 1.807) is 18.3 Å². The average Bonchev–Trinajstić information content (AvgIpc) is 2.59. The maximum atomic E-state index is 11.9. The van der Waals surface area contributed by atoms with Crippen molar-refractivity contribution in [1.82, 2.24) is 4.98 Å². The summed E-state index contributed by atoms with van der Waals surface area (Å²) >= 11 is 5.93. The van der Waals surface area contributed by atoms with Gasteiger partial charge in [-0.2, -0.15) is 0 Å². The number of hydrogen-bond donors (Lipinski definition) is 0. The fourth-order valence-corrected chi connectivity index (χ4v) is 2.57. The van der Waals surface area contributed by atoms with Gasteiger partial charge in [-0.05, 0) is 28.8 Å². The molecule has 0 amide bonds. The normalized spacial score (nSPS) is 10.7. The van der Waals surface area contributed by atoms with Crippen molar-refractivity contribution < 1.29 is 9.53 Å². The van der Waals surface area contributed by atoms with E-state index in [-0.39, 0.29) is 12.6 Å². The zero-order chi connectivity index (χ0) is 16.1. The Labute approximate surface area is 139 Å². The van der Waals surface area contributed by atoms with Crippen molar-refractivity contribution in [2.75, 3.05) is 0 Å². The number of carbonyl (C=O) groups is 1. The molecule has 0 aliphatic carbocycles. The Morgan fingerprint density at radius 2 is 1.87 bits per heavy atom. The third-order valence-electron chi connectivity index (χ3n) is 3.66. The van der Waals surface area contributed by atoms with Crippen molar-refractivity contribution in [3.05, 3.63) is 77.1 Å². The van der Waals surface area contributed by atoms with Gasteiger partial charge in [0.2, 0.25) is 0 Å². The number of aromatic nitrogens is 1. The Balaban J connectivity index is 1.54. The van der Waals surface area contributed by atoms with Crippen LogP contribution in [0.1, 0.15) is 17.5 Å². The number of rotatable bonds is 5. The molecule has 0 saturated carbocycles. The minimum absolute atomic E-state index is 0.156. The van der Waals surface area contributed by atoms with Crippen LogP contribution < -0.4 is 0 Å². The molecule has 0 radical (unpaired) electrons. The zero-order valence-corrected chi connectivity index (χ0v) is 13.3. The van der Waals surface area contributed by atoms with Crippen LogP contribution in [0, 0.1) is 0 Å². The molecule has 3 nitrogen and oxygen atoms in total. The van der Waals surface area contributed by atoms with Gasteiger partial charge in [0, 0.05) is 18.2 Å². The Bertz CT molecular complexity index is 832. The van der Waals surface area contributed by atoms with Crippen LogP contribution in [0.15, 0.2) is 60.8 Å². The van der Waals surface area contributed by atoms with Gasteiger partial charge in [0.25, 0.3) is 0 Å². The number of aryl methyl sites for hydroxylation is 1. The lowest BCUT2D eigenvalue weighted by molar-refractivity contribution is -0.144. The minimum atomic E-state index is -0.238. The van der Waals surface area contributed by atoms with Gasteiger partial charge in [-0.3, -0.25) is 4.79 Å². The zero-order valence-electron chi connectivity index (χ0n) is 12.5. The number of fused-ring (bicyclic) bond motifs is 1. The highest BCUT2D eigenvalue weighted by Crippen LogP contribution is 2.17. The summed E-state index contributed by atoms with van der Waals surface area (Å²) in [4.78, 5) is 15.8. The van der Waals surface area contributed by atoms with Crippen LogP contribution >= 0.6 is 11.6 Å². The molecule has 0 fully saturated rings. The number of pyridine rings is 1. The fraction of sp³-hybridized carbons (Fsp3) is 0.158. The summed E-state index contributed by atoms with van der Waals surface area (Å²) in [5.41, 5.74) is 1.84. The second kappa shape index (κ2) is 7.25. The highest BCUT2D eigenvalue weighted by molar-refractivity contribution is 6.30. The summed E-state index contributed by atoms with van der Waals surface area (Å²) < 4.78 is 5.25. The molecule has 3 rings (SSSR count). The molecule has 0 spiro atoms. The molecule has 0 aliphatic heterocycles. The minimum Gasteiger partial charge on any atom is -0.461 e. The van der Waals surface area contributed by atoms with Crippen LogP contribution in [0.4, 0.5) is 0 Å². The number of benzene rings is 2. The monoisotopic (exact) mass is 325 g/mol. The molecule has 23 heavy (non-hydrogen) atoms. The lowest BCUT2D eigenvalue weighted by Gasteiger charge is -2.07. The second-order valence-corrected chi connectivity index (χ2v) is 5.65. The third-order valence-corrected chi connectivity index (χ3v) is 4.00. The predicted molar refractivity (Wildman–Crippen MR) is 91.3 cm³/mol. The molecule has 1 heterocycles. The Hall–Kier alpha value is -2.39. The van der Waals surface area contributed by atoms with Crippen molar-refractivity contribution in [3.8, 4) is 0 Å². The van der Waals surface area contributed by atoms with Gasteiger partial charge in [0.1, 0.15) is 11.8 Å². The lowest BCUT2D eigenvalue weighted by Crippen LogP contribution is -2.06. The standard InChI is InChI=1S/C19H16ClNO2/c20-19-17(6-3-11-21-19)13-23-18(22)10-8-14-7-9-15-4-1-2-5-16(15)12-14/h1-7,9,11-12H,8,10,13H2. The molecule has 0 atom stereocenters. The van der Waals surface area contributed by atoms with Crippen molar-refractivity contribution in [1.29, 1.82) is 0 Å². The summed E-state index contributed by atoms with van der Waals surface area (Å²) in [6, 6.07) is 18.0. The van der Waals surface area contributed by atoms with E-state index in [2.05, 4.69) is 29.2 Å². The highest BCUT2D eigenvalue weighted by Gasteiger charge is 2.07. The molecule has 0 bridgehead atoms. The van der Waals surface area contributed by atoms with Crippen LogP contribution in [0.25, 0.3) is 10.8 Å². The molecule has 4 heteroatoms. The molecule has 1 aromatic heterocycles. The summed E-state index contributed by atoms with van der Waals surface area (Å²) in [5.74, 6) is -0.238. The summed E-state index contributed by atoms with van der Waals surface area (Å²) in [7, 11) is 0. The molecular formula is C19H16ClNO2. The van der Waals surface area contributed by atoms with Crippen molar-refractivity contribution in [3.63, 3.8) is 0 Å². The summed E-state index contributed by atoms with van der Waals surface area (Å²) in [5, 5.41) is 2.75. The average molecular weight is 326 g/mol. The van der Waals surface area contributed by atoms with E-state index in [0.29, 0.717) is 23.6 Å². The van der Waals surface area contributed by atoms with E-state index in [1.165, 1.54) is 10.8 Å². The van der Waals surface area contributed by atoms with Gasteiger partial charge >= 0.3 is 5.97 Å². The molecule has 2 aromatic carbocycles. The van der Waals surface area contributed by atoms with E-state index in [4.69, 9.17) is 16.3 Å². The third kappa shape index (κ3) is 4.08. The van der Waals surface area contributed by atoms with E-state index in [1.807, 2.05) is 18.2 Å². The van der Waals surface area contributed by atoms with E-state index >= 15 is 0 Å². The number of hydrogen-bond acceptors (Lipinski definition) is 3. The molecule has 0 N–H and O–H groups in total. The number of nitrogens with zero attached hydrogens (tertiary/aromatic N) is 1. The number of ether oxygens (including phenoxy) is 1. The van der Waals surface area contributed by atoms with Crippen LogP contribution in [0.5, 0.6) is 0 Å². The van der Waals surface area contributed by atoms with Gasteiger partial charge < -0.3 is 4.74 Å². The first kappa shape index (κ1) is 15.5. The van der Waals surface area contributed by atoms with Crippen LogP contribution in [-0.4, -0.2) is 11.0 Å². The first-order valence-corrected chi connectivity index (χ1v) is 7.83. The molecule has 0 aliphatic rings. The summed E-state index contributed by atoms with van der Waals surface area (Å²) in [6.45, 7) is 0.156. The molecule has 116 valence electrons. The Morgan fingerprint density at radius 1 is 1.04 bits per heavy atom. The number of esters is 1. The van der Waals surface area contributed by atoms with Crippen molar-refractivity contribution in [2.45, 2.75) is 19.4 Å². The van der Waals surface area contributed by atoms with Gasteiger partial charge in [0.15, 0.2) is 0 Å². The Kier molecular flexibility index (Phi) is 4.89. The lowest BCUT2D eigenvalue weighted by atomic mass is 10.0. The highest BCUT2D eigenvalue weighted by atomic mass is 35.5. The SMILES string of the molecule is O=C(CCc1ccc2ccccc2c1)OCc1cccnc1Cl. The smallest absolute Gasteiger partial charge is 0.306 e. The van der Waals surface area contributed by atoms with E-state index in [9.17, 15) is 4.79 Å². The van der Waals surface area contributed by atoms with E-state index in [0.717, 1.165) is 5.56 Å². The molecule has 0 unspecified atom stereocenters. The van der Waals surface area contributed by atoms with Gasteiger partial charge in [0.05, 0.1) is 0 Å². The number of carbonyl (C=O) groups excluding carboxylic acids is 1. The molecular weight excluding hydrogens is 310 g/mol. The Morgan fingerprint density at radius 3 is 2.70 bits per heavy atom. The fourth-order valence-electron chi connectivity index (χ4n) is 2.40. The first-order chi connectivity index (χ1) is 11.2. The quantitative estimate of drug-likeness (QED) is 0.509. The van der Waals surface area contributed by atoms with Crippen molar-refractivity contribution >= 4 is 28.3 Å². The van der Waals surface area contributed by atoms with Gasteiger partial charge in [-0.15, -0.1) is 0 Å². The molecule has 0 saturated heterocycles. The topological polar surface area (TPSA) is 39.2 Å². The maximum Gasteiger partial charge on any atom is 0.306 e.